The molecule has 6 heteroatoms. The first-order chi connectivity index (χ1) is 8.54. The number of carbonyl (C=O) groups is 1. The van der Waals surface area contributed by atoms with Gasteiger partial charge >= 0.3 is 0 Å². The lowest BCUT2D eigenvalue weighted by molar-refractivity contribution is 0.0989. The second kappa shape index (κ2) is 6.30. The van der Waals surface area contributed by atoms with Crippen LogP contribution in [0.3, 0.4) is 0 Å². The molecule has 0 saturated heterocycles. The first kappa shape index (κ1) is 14.4. The molecule has 0 spiro atoms. The highest BCUT2D eigenvalue weighted by molar-refractivity contribution is 6.00. The fourth-order valence-electron chi connectivity index (χ4n) is 1.57. The molecule has 100 valence electrons. The Bertz CT molecular complexity index is 436. The molecule has 0 fully saturated rings. The van der Waals surface area contributed by atoms with Gasteiger partial charge in [-0.1, -0.05) is 0 Å². The van der Waals surface area contributed by atoms with Gasteiger partial charge in [0.2, 0.25) is 0 Å². The van der Waals surface area contributed by atoms with E-state index in [1.165, 1.54) is 20.3 Å². The summed E-state index contributed by atoms with van der Waals surface area (Å²) in [5, 5.41) is 2.70. The Balaban J connectivity index is 3.30. The average molecular weight is 259 g/mol. The number of ether oxygens (including phenoxy) is 2. The molecule has 0 radical (unpaired) electrons. The molecule has 0 aromatic heterocycles. The van der Waals surface area contributed by atoms with Crippen molar-refractivity contribution in [1.29, 1.82) is 0 Å². The molecule has 0 heterocycles. The molecule has 0 saturated carbocycles. The van der Waals surface area contributed by atoms with E-state index in [0.29, 0.717) is 0 Å². The summed E-state index contributed by atoms with van der Waals surface area (Å²) < 4.78 is 35.4. The number of Topliss-reactive ketones (excluding diaryl/α,β-unsaturated/α-hetero) is 1. The number of likely N-dealkylation sites (N-methyl/N-ethyl adjacent to an activating group) is 1. The van der Waals surface area contributed by atoms with Gasteiger partial charge in [-0.3, -0.25) is 4.79 Å². The van der Waals surface area contributed by atoms with E-state index in [0.717, 1.165) is 6.07 Å². The molecule has 0 aliphatic carbocycles. The monoisotopic (exact) mass is 259 g/mol. The van der Waals surface area contributed by atoms with Crippen LogP contribution in [-0.2, 0) is 0 Å². The minimum absolute atomic E-state index is 0.0229. The molecule has 1 aromatic rings. The van der Waals surface area contributed by atoms with Gasteiger partial charge in [-0.25, -0.2) is 8.78 Å². The van der Waals surface area contributed by atoms with Gasteiger partial charge in [0.15, 0.2) is 5.78 Å². The number of nitrogens with one attached hydrogen (secondary N) is 1. The van der Waals surface area contributed by atoms with E-state index in [2.05, 4.69) is 5.32 Å². The molecule has 1 rings (SSSR count). The van der Waals surface area contributed by atoms with Crippen LogP contribution in [0.15, 0.2) is 12.1 Å². The third-order valence-corrected chi connectivity index (χ3v) is 2.42. The number of alkyl halides is 2. The van der Waals surface area contributed by atoms with Crippen LogP contribution in [0.25, 0.3) is 0 Å². The number of rotatable bonds is 6. The summed E-state index contributed by atoms with van der Waals surface area (Å²) in [6.07, 6.45) is -2.69. The summed E-state index contributed by atoms with van der Waals surface area (Å²) >= 11 is 0. The maximum Gasteiger partial charge on any atom is 0.267 e. The summed E-state index contributed by atoms with van der Waals surface area (Å²) in [6, 6.07) is 2.41. The summed E-state index contributed by atoms with van der Waals surface area (Å²) in [5.74, 6) is -0.162. The Morgan fingerprint density at radius 1 is 1.28 bits per heavy atom. The SMILES string of the molecule is CNCC(=O)c1cc(OC)c(C(F)F)cc1OC. The largest absolute Gasteiger partial charge is 0.496 e. The molecule has 0 bridgehead atoms. The third kappa shape index (κ3) is 2.95. The second-order valence-corrected chi connectivity index (χ2v) is 3.55. The first-order valence-corrected chi connectivity index (χ1v) is 5.27. The lowest BCUT2D eigenvalue weighted by atomic mass is 10.1. The fourth-order valence-corrected chi connectivity index (χ4v) is 1.57. The minimum Gasteiger partial charge on any atom is -0.496 e. The van der Waals surface area contributed by atoms with E-state index in [4.69, 9.17) is 9.47 Å². The van der Waals surface area contributed by atoms with Gasteiger partial charge in [0, 0.05) is 0 Å². The molecule has 1 aromatic carbocycles. The lowest BCUT2D eigenvalue weighted by Crippen LogP contribution is -2.19. The van der Waals surface area contributed by atoms with Crippen LogP contribution in [0.1, 0.15) is 22.3 Å². The topological polar surface area (TPSA) is 47.6 Å². The summed E-state index contributed by atoms with van der Waals surface area (Å²) in [7, 11) is 4.22. The molecule has 0 amide bonds. The maximum absolute atomic E-state index is 12.8. The number of methoxy groups -OCH3 is 2. The minimum atomic E-state index is -2.69. The number of carbonyl (C=O) groups excluding carboxylic acids is 1. The highest BCUT2D eigenvalue weighted by Gasteiger charge is 2.21. The Labute approximate surface area is 104 Å². The van der Waals surface area contributed by atoms with Gasteiger partial charge in [-0.2, -0.15) is 0 Å². The molecule has 4 nitrogen and oxygen atoms in total. The molecule has 18 heavy (non-hydrogen) atoms. The Kier molecular flexibility index (Phi) is 5.03. The molecular formula is C12H15F2NO3. The predicted octanol–water partition coefficient (Wildman–Crippen LogP) is 2.04. The van der Waals surface area contributed by atoms with E-state index in [1.54, 1.807) is 7.05 Å². The van der Waals surface area contributed by atoms with Crippen LogP contribution in [-0.4, -0.2) is 33.6 Å². The molecule has 0 unspecified atom stereocenters. The van der Waals surface area contributed by atoms with E-state index >= 15 is 0 Å². The van der Waals surface area contributed by atoms with E-state index in [1.807, 2.05) is 0 Å². The number of halogens is 2. The van der Waals surface area contributed by atoms with Gasteiger partial charge < -0.3 is 14.8 Å². The van der Waals surface area contributed by atoms with Crippen LogP contribution in [0.4, 0.5) is 8.78 Å². The first-order valence-electron chi connectivity index (χ1n) is 5.27. The highest BCUT2D eigenvalue weighted by Crippen LogP contribution is 2.35. The van der Waals surface area contributed by atoms with Crippen molar-refractivity contribution in [3.8, 4) is 11.5 Å². The number of ketones is 1. The van der Waals surface area contributed by atoms with Crippen LogP contribution < -0.4 is 14.8 Å². The van der Waals surface area contributed by atoms with Gasteiger partial charge in [0.1, 0.15) is 11.5 Å². The fraction of sp³-hybridized carbons (Fsp3) is 0.417. The van der Waals surface area contributed by atoms with E-state index in [-0.39, 0.29) is 35.0 Å². The van der Waals surface area contributed by atoms with Crippen molar-refractivity contribution < 1.29 is 23.0 Å². The third-order valence-electron chi connectivity index (χ3n) is 2.42. The number of benzene rings is 1. The van der Waals surface area contributed by atoms with Crippen molar-refractivity contribution in [2.75, 3.05) is 27.8 Å². The zero-order valence-corrected chi connectivity index (χ0v) is 10.4. The second-order valence-electron chi connectivity index (χ2n) is 3.55. The van der Waals surface area contributed by atoms with E-state index in [9.17, 15) is 13.6 Å². The zero-order chi connectivity index (χ0) is 13.7. The molecule has 0 atom stereocenters. The van der Waals surface area contributed by atoms with Gasteiger partial charge in [0.05, 0.1) is 31.9 Å². The number of hydrogen-bond acceptors (Lipinski definition) is 4. The van der Waals surface area contributed by atoms with Crippen LogP contribution >= 0.6 is 0 Å². The standard InChI is InChI=1S/C12H15F2NO3/c1-15-6-9(16)7-4-11(18-3)8(12(13)14)5-10(7)17-2/h4-5,12,15H,6H2,1-3H3. The smallest absolute Gasteiger partial charge is 0.267 e. The maximum atomic E-state index is 12.8. The van der Waals surface area contributed by atoms with Crippen molar-refractivity contribution in [1.82, 2.24) is 5.32 Å². The van der Waals surface area contributed by atoms with Gasteiger partial charge in [-0.05, 0) is 19.2 Å². The van der Waals surface area contributed by atoms with Crippen molar-refractivity contribution in [2.24, 2.45) is 0 Å². The average Bonchev–Trinajstić information content (AvgIpc) is 2.37. The zero-order valence-electron chi connectivity index (χ0n) is 10.4. The molecular weight excluding hydrogens is 244 g/mol. The Hall–Kier alpha value is -1.69. The number of hydrogen-bond donors (Lipinski definition) is 1. The van der Waals surface area contributed by atoms with Gasteiger partial charge in [0.25, 0.3) is 6.43 Å². The molecule has 0 aliphatic heterocycles. The van der Waals surface area contributed by atoms with Crippen LogP contribution in [0, 0.1) is 0 Å². The van der Waals surface area contributed by atoms with Crippen molar-refractivity contribution >= 4 is 5.78 Å². The van der Waals surface area contributed by atoms with Crippen molar-refractivity contribution in [2.45, 2.75) is 6.43 Å². The predicted molar refractivity (Wildman–Crippen MR) is 62.8 cm³/mol. The normalized spacial score (nSPS) is 10.6. The lowest BCUT2D eigenvalue weighted by Gasteiger charge is -2.13. The summed E-state index contributed by atoms with van der Waals surface area (Å²) in [4.78, 5) is 11.8. The quantitative estimate of drug-likeness (QED) is 0.794. The Morgan fingerprint density at radius 3 is 2.33 bits per heavy atom. The Morgan fingerprint density at radius 2 is 1.89 bits per heavy atom. The van der Waals surface area contributed by atoms with Gasteiger partial charge in [-0.15, -0.1) is 0 Å². The molecule has 0 aliphatic rings. The van der Waals surface area contributed by atoms with E-state index < -0.39 is 6.43 Å². The van der Waals surface area contributed by atoms with Crippen LogP contribution in [0.5, 0.6) is 11.5 Å². The van der Waals surface area contributed by atoms with Crippen LogP contribution in [0.2, 0.25) is 0 Å². The summed E-state index contributed by atoms with van der Waals surface area (Å²) in [6.45, 7) is 0.0908. The summed E-state index contributed by atoms with van der Waals surface area (Å²) in [5.41, 5.74) is -0.0801. The molecule has 1 N–H and O–H groups in total. The highest BCUT2D eigenvalue weighted by atomic mass is 19.3. The van der Waals surface area contributed by atoms with Crippen molar-refractivity contribution in [3.63, 3.8) is 0 Å². The van der Waals surface area contributed by atoms with Crippen molar-refractivity contribution in [3.05, 3.63) is 23.3 Å².